The van der Waals surface area contributed by atoms with Gasteiger partial charge in [0, 0.05) is 31.7 Å². The van der Waals surface area contributed by atoms with E-state index in [1.54, 1.807) is 12.3 Å². The van der Waals surface area contributed by atoms with Crippen molar-refractivity contribution in [3.05, 3.63) is 54.0 Å². The van der Waals surface area contributed by atoms with E-state index in [2.05, 4.69) is 20.0 Å². The highest BCUT2D eigenvalue weighted by atomic mass is 16.6. The van der Waals surface area contributed by atoms with Crippen molar-refractivity contribution in [2.75, 3.05) is 25.9 Å². The molecule has 3 heterocycles. The van der Waals surface area contributed by atoms with E-state index < -0.39 is 6.10 Å². The predicted octanol–water partition coefficient (Wildman–Crippen LogP) is 1.28. The second-order valence-electron chi connectivity index (χ2n) is 7.24. The van der Waals surface area contributed by atoms with Gasteiger partial charge in [-0.2, -0.15) is 0 Å². The molecule has 146 valence electrons. The fourth-order valence-corrected chi connectivity index (χ4v) is 3.66. The van der Waals surface area contributed by atoms with Gasteiger partial charge in [0.1, 0.15) is 11.6 Å². The Hall–Kier alpha value is -3.00. The molecule has 4 rings (SSSR count). The molecule has 2 aliphatic heterocycles. The molecule has 1 amide bonds. The van der Waals surface area contributed by atoms with Crippen molar-refractivity contribution in [2.45, 2.75) is 31.5 Å². The van der Waals surface area contributed by atoms with Crippen LogP contribution in [0.15, 0.2) is 47.8 Å². The molecule has 8 nitrogen and oxygen atoms in total. The molecule has 0 spiro atoms. The molecule has 0 aliphatic carbocycles. The maximum atomic E-state index is 12.9. The van der Waals surface area contributed by atoms with Gasteiger partial charge >= 0.3 is 0 Å². The third-order valence-electron chi connectivity index (χ3n) is 5.27. The number of benzene rings is 1. The second kappa shape index (κ2) is 7.93. The number of nitrogens with two attached hydrogens (primary N) is 1. The molecule has 2 atom stereocenters. The molecule has 28 heavy (non-hydrogen) atoms. The van der Waals surface area contributed by atoms with Gasteiger partial charge in [0.15, 0.2) is 0 Å². The molecule has 1 aromatic heterocycles. The lowest BCUT2D eigenvalue weighted by molar-refractivity contribution is -0.141. The van der Waals surface area contributed by atoms with Gasteiger partial charge in [-0.05, 0) is 25.1 Å². The zero-order valence-electron chi connectivity index (χ0n) is 15.9. The minimum atomic E-state index is -0.531. The van der Waals surface area contributed by atoms with Gasteiger partial charge in [-0.25, -0.2) is 9.97 Å². The van der Waals surface area contributed by atoms with E-state index in [0.29, 0.717) is 37.7 Å². The molecule has 1 fully saturated rings. The fourth-order valence-electron chi connectivity index (χ4n) is 3.66. The molecule has 8 heteroatoms. The Bertz CT molecular complexity index is 872. The summed E-state index contributed by atoms with van der Waals surface area (Å²) in [6.07, 6.45) is 2.55. The summed E-state index contributed by atoms with van der Waals surface area (Å²) in [6, 6.07) is 11.8. The molecule has 2 aliphatic rings. The van der Waals surface area contributed by atoms with Crippen molar-refractivity contribution >= 4 is 17.4 Å². The first-order valence-electron chi connectivity index (χ1n) is 9.44. The van der Waals surface area contributed by atoms with Crippen LogP contribution in [0.2, 0.25) is 0 Å². The quantitative estimate of drug-likeness (QED) is 0.839. The summed E-state index contributed by atoms with van der Waals surface area (Å²) < 4.78 is 0. The number of oxime groups is 1. The Morgan fingerprint density at radius 3 is 2.93 bits per heavy atom. The van der Waals surface area contributed by atoms with Crippen LogP contribution in [0.4, 0.5) is 5.82 Å². The Balaban J connectivity index is 1.31. The lowest BCUT2D eigenvalue weighted by Gasteiger charge is -2.24. The molecule has 0 unspecified atom stereocenters. The summed E-state index contributed by atoms with van der Waals surface area (Å²) in [7, 11) is 2.02. The van der Waals surface area contributed by atoms with Gasteiger partial charge in [0.2, 0.25) is 6.10 Å². The van der Waals surface area contributed by atoms with Crippen LogP contribution < -0.4 is 5.73 Å². The normalized spacial score (nSPS) is 21.6. The maximum absolute atomic E-state index is 12.9. The number of nitrogens with zero attached hydrogens (tertiary/aromatic N) is 5. The first-order chi connectivity index (χ1) is 13.6. The number of hydrogen-bond donors (Lipinski definition) is 1. The van der Waals surface area contributed by atoms with Crippen molar-refractivity contribution in [1.29, 1.82) is 0 Å². The van der Waals surface area contributed by atoms with E-state index in [-0.39, 0.29) is 11.9 Å². The van der Waals surface area contributed by atoms with Gasteiger partial charge < -0.3 is 15.5 Å². The van der Waals surface area contributed by atoms with Crippen LogP contribution in [0.5, 0.6) is 0 Å². The van der Waals surface area contributed by atoms with Crippen LogP contribution in [0.1, 0.15) is 24.2 Å². The lowest BCUT2D eigenvalue weighted by Crippen LogP contribution is -2.40. The van der Waals surface area contributed by atoms with Crippen molar-refractivity contribution in [1.82, 2.24) is 19.8 Å². The molecule has 1 saturated heterocycles. The summed E-state index contributed by atoms with van der Waals surface area (Å²) in [5.74, 6) is 1.16. The smallest absolute Gasteiger partial charge is 0.266 e. The standard InChI is InChI=1S/C20H24N6O2/c1-25(13-19-22-9-7-18(21)23-19)15-8-10-26(12-15)20(27)17-11-16(24-28-17)14-5-3-2-4-6-14/h2-7,9,15,17H,8,10-13H2,1H3,(H2,21,22,23)/t15-,17-/m1/s1. The number of nitrogen functional groups attached to an aromatic ring is 1. The average molecular weight is 380 g/mol. The largest absolute Gasteiger partial charge is 0.384 e. The van der Waals surface area contributed by atoms with Crippen LogP contribution in [0.25, 0.3) is 0 Å². The summed E-state index contributed by atoms with van der Waals surface area (Å²) in [5, 5.41) is 4.13. The number of carbonyl (C=O) groups excluding carboxylic acids is 1. The maximum Gasteiger partial charge on any atom is 0.266 e. The summed E-state index contributed by atoms with van der Waals surface area (Å²) in [4.78, 5) is 30.9. The molecule has 2 N–H and O–H groups in total. The number of anilines is 1. The summed E-state index contributed by atoms with van der Waals surface area (Å²) in [5.41, 5.74) is 7.55. The van der Waals surface area contributed by atoms with E-state index in [1.165, 1.54) is 0 Å². The monoisotopic (exact) mass is 380 g/mol. The van der Waals surface area contributed by atoms with Gasteiger partial charge in [-0.3, -0.25) is 9.69 Å². The third-order valence-corrected chi connectivity index (χ3v) is 5.27. The van der Waals surface area contributed by atoms with E-state index in [9.17, 15) is 4.79 Å². The van der Waals surface area contributed by atoms with Gasteiger partial charge in [0.05, 0.1) is 12.3 Å². The van der Waals surface area contributed by atoms with E-state index >= 15 is 0 Å². The Morgan fingerprint density at radius 2 is 2.14 bits per heavy atom. The number of rotatable bonds is 5. The van der Waals surface area contributed by atoms with E-state index in [0.717, 1.165) is 17.7 Å². The Labute approximate surface area is 164 Å². The highest BCUT2D eigenvalue weighted by molar-refractivity contribution is 6.04. The summed E-state index contributed by atoms with van der Waals surface area (Å²) in [6.45, 7) is 1.98. The third kappa shape index (κ3) is 3.96. The van der Waals surface area contributed by atoms with Gasteiger partial charge in [-0.15, -0.1) is 0 Å². The van der Waals surface area contributed by atoms with Crippen molar-refractivity contribution in [3.8, 4) is 0 Å². The van der Waals surface area contributed by atoms with Crippen LogP contribution in [-0.2, 0) is 16.2 Å². The van der Waals surface area contributed by atoms with Crippen molar-refractivity contribution in [2.24, 2.45) is 5.16 Å². The Kier molecular flexibility index (Phi) is 5.21. The lowest BCUT2D eigenvalue weighted by atomic mass is 10.0. The molecule has 1 aromatic carbocycles. The number of aromatic nitrogens is 2. The van der Waals surface area contributed by atoms with Crippen LogP contribution in [0, 0.1) is 0 Å². The molecule has 0 saturated carbocycles. The summed E-state index contributed by atoms with van der Waals surface area (Å²) >= 11 is 0. The molecule has 0 radical (unpaired) electrons. The van der Waals surface area contributed by atoms with Crippen molar-refractivity contribution < 1.29 is 9.63 Å². The highest BCUT2D eigenvalue weighted by Gasteiger charge is 2.36. The predicted molar refractivity (Wildman–Crippen MR) is 105 cm³/mol. The topological polar surface area (TPSA) is 96.9 Å². The zero-order chi connectivity index (χ0) is 19.5. The minimum Gasteiger partial charge on any atom is -0.384 e. The number of carbonyl (C=O) groups is 1. The van der Waals surface area contributed by atoms with E-state index in [4.69, 9.17) is 10.6 Å². The molecular weight excluding hydrogens is 356 g/mol. The average Bonchev–Trinajstić information content (AvgIpc) is 3.38. The fraction of sp³-hybridized carbons (Fsp3) is 0.400. The minimum absolute atomic E-state index is 0.00536. The first kappa shape index (κ1) is 18.4. The molecule has 0 bridgehead atoms. The number of likely N-dealkylation sites (tertiary alicyclic amines) is 1. The van der Waals surface area contributed by atoms with Crippen LogP contribution in [0.3, 0.4) is 0 Å². The van der Waals surface area contributed by atoms with Gasteiger partial charge in [-0.1, -0.05) is 35.5 Å². The Morgan fingerprint density at radius 1 is 1.32 bits per heavy atom. The highest BCUT2D eigenvalue weighted by Crippen LogP contribution is 2.22. The SMILES string of the molecule is CN(Cc1nccc(N)n1)[C@@H]1CCN(C(=O)[C@H]2CC(c3ccccc3)=NO2)C1. The van der Waals surface area contributed by atoms with Crippen LogP contribution >= 0.6 is 0 Å². The number of hydrogen-bond acceptors (Lipinski definition) is 7. The number of amides is 1. The van der Waals surface area contributed by atoms with Gasteiger partial charge in [0.25, 0.3) is 5.91 Å². The van der Waals surface area contributed by atoms with E-state index in [1.807, 2.05) is 42.3 Å². The first-order valence-corrected chi connectivity index (χ1v) is 9.44. The van der Waals surface area contributed by atoms with Crippen molar-refractivity contribution in [3.63, 3.8) is 0 Å². The van der Waals surface area contributed by atoms with Crippen LogP contribution in [-0.4, -0.2) is 63.7 Å². The second-order valence-corrected chi connectivity index (χ2v) is 7.24. The molecular formula is C20H24N6O2. The number of likely N-dealkylation sites (N-methyl/N-ethyl adjacent to an activating group) is 1. The molecule has 2 aromatic rings. The zero-order valence-corrected chi connectivity index (χ0v) is 15.9.